The lowest BCUT2D eigenvalue weighted by Gasteiger charge is -2.33. The number of nitrogens with zero attached hydrogens (tertiary/aromatic N) is 1. The van der Waals surface area contributed by atoms with Gasteiger partial charge in [-0.15, -0.1) is 0 Å². The first kappa shape index (κ1) is 16.9. The molecule has 1 saturated heterocycles. The fourth-order valence-corrected chi connectivity index (χ4v) is 3.01. The largest absolute Gasteiger partial charge is 0.385 e. The van der Waals surface area contributed by atoms with E-state index in [9.17, 15) is 0 Å². The number of hydrogen-bond donors (Lipinski definition) is 1. The van der Waals surface area contributed by atoms with E-state index in [1.54, 1.807) is 7.11 Å². The molecule has 3 heteroatoms. The summed E-state index contributed by atoms with van der Waals surface area (Å²) in [5, 5.41) is 3.71. The summed E-state index contributed by atoms with van der Waals surface area (Å²) in [4.78, 5) is 2.66. The molecule has 1 unspecified atom stereocenters. The van der Waals surface area contributed by atoms with Crippen LogP contribution in [0.15, 0.2) is 0 Å². The van der Waals surface area contributed by atoms with Crippen molar-refractivity contribution in [3.8, 4) is 0 Å². The zero-order valence-electron chi connectivity index (χ0n) is 13.7. The van der Waals surface area contributed by atoms with E-state index in [-0.39, 0.29) is 0 Å². The first-order chi connectivity index (χ1) is 8.93. The van der Waals surface area contributed by atoms with Crippen LogP contribution >= 0.6 is 0 Å². The molecule has 0 radical (unpaired) electrons. The van der Waals surface area contributed by atoms with Gasteiger partial charge in [-0.05, 0) is 43.7 Å². The lowest BCUT2D eigenvalue weighted by Crippen LogP contribution is -2.42. The quantitative estimate of drug-likeness (QED) is 0.770. The SMILES string of the molecule is COCCC(C)(C)CN1CCCNC(CC(C)C)C1. The standard InChI is InChI=1S/C16H34N2O/c1-14(2)11-15-12-18(9-6-8-17-15)13-16(3,4)7-10-19-5/h14-15,17H,6-13H2,1-5H3. The number of nitrogens with one attached hydrogen (secondary N) is 1. The Morgan fingerprint density at radius 2 is 2.11 bits per heavy atom. The van der Waals surface area contributed by atoms with Crippen LogP contribution in [0, 0.1) is 11.3 Å². The lowest BCUT2D eigenvalue weighted by atomic mass is 9.88. The van der Waals surface area contributed by atoms with Crippen LogP contribution in [0.3, 0.4) is 0 Å². The minimum Gasteiger partial charge on any atom is -0.385 e. The van der Waals surface area contributed by atoms with Gasteiger partial charge in [0.05, 0.1) is 0 Å². The second kappa shape index (κ2) is 8.23. The molecule has 1 aliphatic rings. The molecule has 0 saturated carbocycles. The molecule has 0 aromatic rings. The summed E-state index contributed by atoms with van der Waals surface area (Å²) in [6.45, 7) is 15.0. The molecule has 0 spiro atoms. The summed E-state index contributed by atoms with van der Waals surface area (Å²) >= 11 is 0. The molecule has 1 atom stereocenters. The Morgan fingerprint density at radius 3 is 2.74 bits per heavy atom. The molecule has 0 aromatic carbocycles. The molecular weight excluding hydrogens is 236 g/mol. The molecule has 1 heterocycles. The zero-order valence-corrected chi connectivity index (χ0v) is 13.7. The van der Waals surface area contributed by atoms with Gasteiger partial charge in [0.15, 0.2) is 0 Å². The highest BCUT2D eigenvalue weighted by atomic mass is 16.5. The number of rotatable bonds is 7. The van der Waals surface area contributed by atoms with Gasteiger partial charge in [-0.1, -0.05) is 27.7 Å². The summed E-state index contributed by atoms with van der Waals surface area (Å²) in [6.07, 6.45) is 3.70. The van der Waals surface area contributed by atoms with Crippen molar-refractivity contribution in [3.05, 3.63) is 0 Å². The Hall–Kier alpha value is -0.120. The topological polar surface area (TPSA) is 24.5 Å². The molecule has 0 aromatic heterocycles. The minimum atomic E-state index is 0.350. The van der Waals surface area contributed by atoms with Crippen LogP contribution in [-0.2, 0) is 4.74 Å². The zero-order chi connectivity index (χ0) is 14.3. The Morgan fingerprint density at radius 1 is 1.37 bits per heavy atom. The summed E-state index contributed by atoms with van der Waals surface area (Å²) < 4.78 is 5.23. The van der Waals surface area contributed by atoms with Crippen molar-refractivity contribution in [1.29, 1.82) is 0 Å². The van der Waals surface area contributed by atoms with E-state index < -0.39 is 0 Å². The minimum absolute atomic E-state index is 0.350. The third-order valence-corrected chi connectivity index (χ3v) is 3.95. The van der Waals surface area contributed by atoms with E-state index in [2.05, 4.69) is 37.9 Å². The van der Waals surface area contributed by atoms with Gasteiger partial charge in [0.1, 0.15) is 0 Å². The van der Waals surface area contributed by atoms with Crippen molar-refractivity contribution >= 4 is 0 Å². The smallest absolute Gasteiger partial charge is 0.0467 e. The van der Waals surface area contributed by atoms with E-state index in [0.29, 0.717) is 11.5 Å². The molecule has 0 amide bonds. The molecular formula is C16H34N2O. The van der Waals surface area contributed by atoms with Crippen molar-refractivity contribution < 1.29 is 4.74 Å². The third-order valence-electron chi connectivity index (χ3n) is 3.95. The summed E-state index contributed by atoms with van der Waals surface area (Å²) in [5.74, 6) is 0.777. The maximum absolute atomic E-state index is 5.23. The monoisotopic (exact) mass is 270 g/mol. The highest BCUT2D eigenvalue weighted by Crippen LogP contribution is 2.23. The van der Waals surface area contributed by atoms with Gasteiger partial charge in [-0.25, -0.2) is 0 Å². The van der Waals surface area contributed by atoms with Crippen LogP contribution in [0.1, 0.15) is 47.0 Å². The fourth-order valence-electron chi connectivity index (χ4n) is 3.01. The molecule has 1 rings (SSSR count). The summed E-state index contributed by atoms with van der Waals surface area (Å²) in [5.41, 5.74) is 0.350. The normalized spacial score (nSPS) is 22.7. The molecule has 1 fully saturated rings. The van der Waals surface area contributed by atoms with Crippen LogP contribution in [0.25, 0.3) is 0 Å². The second-order valence-corrected chi connectivity index (χ2v) is 7.28. The maximum Gasteiger partial charge on any atom is 0.0467 e. The fraction of sp³-hybridized carbons (Fsp3) is 1.00. The molecule has 19 heavy (non-hydrogen) atoms. The Labute approximate surface area is 120 Å². The van der Waals surface area contributed by atoms with Gasteiger partial charge in [0.25, 0.3) is 0 Å². The van der Waals surface area contributed by atoms with E-state index in [4.69, 9.17) is 4.74 Å². The van der Waals surface area contributed by atoms with Crippen molar-refractivity contribution in [1.82, 2.24) is 10.2 Å². The predicted molar refractivity (Wildman–Crippen MR) is 82.6 cm³/mol. The van der Waals surface area contributed by atoms with Crippen LogP contribution in [0.5, 0.6) is 0 Å². The Bertz CT molecular complexity index is 241. The van der Waals surface area contributed by atoms with E-state index in [1.807, 2.05) is 0 Å². The average Bonchev–Trinajstić information content (AvgIpc) is 2.50. The van der Waals surface area contributed by atoms with Crippen LogP contribution < -0.4 is 5.32 Å². The van der Waals surface area contributed by atoms with Gasteiger partial charge in [-0.2, -0.15) is 0 Å². The average molecular weight is 270 g/mol. The van der Waals surface area contributed by atoms with E-state index in [1.165, 1.54) is 39.0 Å². The number of ether oxygens (including phenoxy) is 1. The van der Waals surface area contributed by atoms with Crippen molar-refractivity contribution in [3.63, 3.8) is 0 Å². The van der Waals surface area contributed by atoms with Gasteiger partial charge in [-0.3, -0.25) is 0 Å². The molecule has 0 bridgehead atoms. The highest BCUT2D eigenvalue weighted by Gasteiger charge is 2.25. The predicted octanol–water partition coefficient (Wildman–Crippen LogP) is 2.76. The molecule has 1 N–H and O–H groups in total. The van der Waals surface area contributed by atoms with Crippen LogP contribution in [0.4, 0.5) is 0 Å². The van der Waals surface area contributed by atoms with E-state index >= 15 is 0 Å². The second-order valence-electron chi connectivity index (χ2n) is 7.28. The van der Waals surface area contributed by atoms with Gasteiger partial charge in [0.2, 0.25) is 0 Å². The van der Waals surface area contributed by atoms with Gasteiger partial charge in [0, 0.05) is 32.8 Å². The Kier molecular flexibility index (Phi) is 7.33. The van der Waals surface area contributed by atoms with Crippen molar-refractivity contribution in [2.24, 2.45) is 11.3 Å². The lowest BCUT2D eigenvalue weighted by molar-refractivity contribution is 0.114. The summed E-state index contributed by atoms with van der Waals surface area (Å²) in [6, 6.07) is 0.667. The van der Waals surface area contributed by atoms with Gasteiger partial charge < -0.3 is 15.0 Å². The summed E-state index contributed by atoms with van der Waals surface area (Å²) in [7, 11) is 1.80. The first-order valence-electron chi connectivity index (χ1n) is 7.87. The number of methoxy groups -OCH3 is 1. The third kappa shape index (κ3) is 7.28. The molecule has 3 nitrogen and oxygen atoms in total. The van der Waals surface area contributed by atoms with Crippen LogP contribution in [0.2, 0.25) is 0 Å². The molecule has 0 aliphatic carbocycles. The Balaban J connectivity index is 2.46. The number of hydrogen-bond acceptors (Lipinski definition) is 3. The molecule has 1 aliphatic heterocycles. The van der Waals surface area contributed by atoms with Crippen molar-refractivity contribution in [2.75, 3.05) is 39.9 Å². The highest BCUT2D eigenvalue weighted by molar-refractivity contribution is 4.81. The first-order valence-corrected chi connectivity index (χ1v) is 7.87. The maximum atomic E-state index is 5.23. The van der Waals surface area contributed by atoms with E-state index in [0.717, 1.165) is 18.9 Å². The molecule has 114 valence electrons. The van der Waals surface area contributed by atoms with Crippen molar-refractivity contribution in [2.45, 2.75) is 53.0 Å². The van der Waals surface area contributed by atoms with Crippen LogP contribution in [-0.4, -0.2) is 50.8 Å². The van der Waals surface area contributed by atoms with Gasteiger partial charge >= 0.3 is 0 Å².